The Hall–Kier alpha value is -7.64. The minimum Gasteiger partial charge on any atom is -0.473 e. The highest BCUT2D eigenvalue weighted by atomic mass is 32.1. The molecule has 10 rings (SSSR count). The molecule has 0 unspecified atom stereocenters. The maximum Gasteiger partial charge on any atom is 0.334 e. The second kappa shape index (κ2) is 24.4. The van der Waals surface area contributed by atoms with Gasteiger partial charge in [0.25, 0.3) is 17.7 Å². The summed E-state index contributed by atoms with van der Waals surface area (Å²) in [5.74, 6) is -3.46. The van der Waals surface area contributed by atoms with Gasteiger partial charge in [-0.15, -0.1) is 68.0 Å². The number of rotatable bonds is 10. The standard InChI is InChI=1S/C51H47N13O10S6/c1-22(2)36-50-64-38(33(80-50)16-72-4)43(70)53-14-35(66)62-39(40(67)23-9-7-6-8-10-23)49-61-32(21-79-49)48-57-28(17-76-48)37-24(11-12-25(54-37)46-60-31(20-78-46)44-56-27(15-74-44)51(71)73-5)45-58-29(18-75-45)41(68)55-26(13-34(65)52-3)47-59-30(19-77-47)42(69)63-36/h6-12,17-22,26-27,36,39-40,67H,13-16H2,1-5H3,(H,52,65)(H,53,70)(H,55,68)(H,62,66)(H,63,69)/t26-,27-,36-,39-,40-/m0/s1. The number of carbonyl (C=O) groups excluding carboxylic acids is 6. The van der Waals surface area contributed by atoms with Gasteiger partial charge in [0.1, 0.15) is 88.7 Å². The number of amides is 5. The first-order valence-corrected chi connectivity index (χ1v) is 29.6. The number of aliphatic imine (C=N–C) groups is 1. The van der Waals surface area contributed by atoms with E-state index in [-0.39, 0.29) is 53.5 Å². The molecule has 2 aliphatic heterocycles. The average molecular weight is 1190 g/mol. The highest BCUT2D eigenvalue weighted by Crippen LogP contribution is 2.40. The molecule has 0 radical (unpaired) electrons. The number of ether oxygens (including phenoxy) is 3. The van der Waals surface area contributed by atoms with Crippen LogP contribution in [0.25, 0.3) is 43.4 Å². The van der Waals surface area contributed by atoms with E-state index in [1.807, 2.05) is 13.8 Å². The van der Waals surface area contributed by atoms with E-state index in [1.54, 1.807) is 64.0 Å². The van der Waals surface area contributed by atoms with E-state index in [0.29, 0.717) is 69.5 Å². The van der Waals surface area contributed by atoms with Crippen molar-refractivity contribution in [1.82, 2.24) is 61.5 Å². The molecular formula is C51H47N13O10S6. The lowest BCUT2D eigenvalue weighted by molar-refractivity contribution is -0.142. The molecule has 5 amide bonds. The molecule has 80 heavy (non-hydrogen) atoms. The summed E-state index contributed by atoms with van der Waals surface area (Å²) in [4.78, 5) is 120. The second-order valence-electron chi connectivity index (χ2n) is 18.1. The topological polar surface area (TPSA) is 313 Å². The predicted molar refractivity (Wildman–Crippen MR) is 300 cm³/mol. The molecule has 0 saturated carbocycles. The Bertz CT molecular complexity index is 3660. The van der Waals surface area contributed by atoms with Crippen LogP contribution in [0.2, 0.25) is 0 Å². The Morgan fingerprint density at radius 3 is 2.12 bits per heavy atom. The molecule has 7 aromatic heterocycles. The summed E-state index contributed by atoms with van der Waals surface area (Å²) in [6, 6.07) is 8.75. The number of methoxy groups -OCH3 is 2. The summed E-state index contributed by atoms with van der Waals surface area (Å²) in [7, 11) is 4.22. The van der Waals surface area contributed by atoms with Crippen molar-refractivity contribution in [3.05, 3.63) is 118 Å². The number of aliphatic hydroxyl groups excluding tert-OH is 1. The largest absolute Gasteiger partial charge is 0.473 e. The van der Waals surface area contributed by atoms with E-state index < -0.39 is 72.3 Å². The number of pyridine rings is 1. The third kappa shape index (κ3) is 12.1. The fourth-order valence-corrected chi connectivity index (χ4v) is 13.7. The van der Waals surface area contributed by atoms with E-state index in [0.717, 1.165) is 11.3 Å². The van der Waals surface area contributed by atoms with Crippen LogP contribution >= 0.6 is 68.0 Å². The molecular weight excluding hydrogens is 1150 g/mol. The molecule has 0 spiro atoms. The van der Waals surface area contributed by atoms with Crippen molar-refractivity contribution >= 4 is 109 Å². The monoisotopic (exact) mass is 1190 g/mol. The van der Waals surface area contributed by atoms with Crippen molar-refractivity contribution in [2.75, 3.05) is 34.4 Å². The van der Waals surface area contributed by atoms with Crippen molar-refractivity contribution in [3.63, 3.8) is 0 Å². The van der Waals surface area contributed by atoms with E-state index >= 15 is 0 Å². The lowest BCUT2D eigenvalue weighted by Gasteiger charge is -2.23. The molecule has 23 nitrogen and oxygen atoms in total. The number of carbonyl (C=O) groups is 6. The van der Waals surface area contributed by atoms with Gasteiger partial charge in [-0.1, -0.05) is 44.2 Å². The number of nitrogens with zero attached hydrogens (tertiary/aromatic N) is 8. The number of hydrogen-bond acceptors (Lipinski definition) is 24. The number of aromatic nitrogens is 7. The Kier molecular flexibility index (Phi) is 17.0. The molecule has 10 bridgehead atoms. The molecule has 2 aliphatic rings. The van der Waals surface area contributed by atoms with Gasteiger partial charge >= 0.3 is 5.97 Å². The third-order valence-electron chi connectivity index (χ3n) is 12.3. The van der Waals surface area contributed by atoms with Gasteiger partial charge in [0.05, 0.1) is 49.3 Å². The Labute approximate surface area is 479 Å². The van der Waals surface area contributed by atoms with Gasteiger partial charge in [0, 0.05) is 46.6 Å². The minimum absolute atomic E-state index is 0.000279. The van der Waals surface area contributed by atoms with Crippen LogP contribution in [-0.2, 0) is 35.2 Å². The zero-order valence-corrected chi connectivity index (χ0v) is 47.8. The van der Waals surface area contributed by atoms with E-state index in [1.165, 1.54) is 83.3 Å². The van der Waals surface area contributed by atoms with Crippen LogP contribution in [0, 0.1) is 5.92 Å². The molecule has 6 N–H and O–H groups in total. The summed E-state index contributed by atoms with van der Waals surface area (Å²) in [6.07, 6.45) is -1.48. The van der Waals surface area contributed by atoms with Gasteiger partial charge in [0.2, 0.25) is 17.7 Å². The number of nitrogens with one attached hydrogen (secondary N) is 5. The summed E-state index contributed by atoms with van der Waals surface area (Å²) in [6.45, 7) is 3.27. The summed E-state index contributed by atoms with van der Waals surface area (Å²) < 4.78 is 16.0. The highest BCUT2D eigenvalue weighted by molar-refractivity contribution is 7.15. The Balaban J connectivity index is 1.05. The van der Waals surface area contributed by atoms with Crippen molar-refractivity contribution in [3.8, 4) is 43.4 Å². The number of benzene rings is 1. The highest BCUT2D eigenvalue weighted by Gasteiger charge is 2.33. The third-order valence-corrected chi connectivity index (χ3v) is 17.9. The van der Waals surface area contributed by atoms with Crippen LogP contribution in [0.3, 0.4) is 0 Å². The number of fused-ring (bicyclic) bond motifs is 14. The average Bonchev–Trinajstić information content (AvgIpc) is 4.33. The van der Waals surface area contributed by atoms with Gasteiger partial charge in [-0.2, -0.15) is 0 Å². The van der Waals surface area contributed by atoms with Crippen LogP contribution in [0.5, 0.6) is 0 Å². The molecule has 0 aliphatic carbocycles. The molecule has 0 saturated heterocycles. The predicted octanol–water partition coefficient (Wildman–Crippen LogP) is 6.32. The summed E-state index contributed by atoms with van der Waals surface area (Å²) in [5, 5.41) is 36.7. The number of esters is 1. The molecule has 9 heterocycles. The zero-order valence-electron chi connectivity index (χ0n) is 42.9. The molecule has 412 valence electrons. The molecule has 1 aromatic carbocycles. The van der Waals surface area contributed by atoms with Crippen LogP contribution in [-0.4, -0.2) is 122 Å². The second-order valence-corrected chi connectivity index (χ2v) is 23.5. The quantitative estimate of drug-likeness (QED) is 0.0816. The first kappa shape index (κ1) is 55.7. The first-order chi connectivity index (χ1) is 38.7. The summed E-state index contributed by atoms with van der Waals surface area (Å²) >= 11 is 7.18. The molecule has 0 fully saturated rings. The maximum atomic E-state index is 14.2. The van der Waals surface area contributed by atoms with Crippen molar-refractivity contribution in [2.45, 2.75) is 57.1 Å². The fourth-order valence-electron chi connectivity index (χ4n) is 8.23. The van der Waals surface area contributed by atoms with Crippen LogP contribution in [0.1, 0.15) is 107 Å². The SMILES string of the molecule is CNC(=O)C[C@@H]1NC(=O)c2csc(n2)-c2ccc(-c3nc(C4=N[C@H](C(=O)OC)CO4)cs3)nc2-c2csc(n2)-c2csc(n2)[C@H]([C@@H](O)c2ccccc2)NC(=O)CNC(=O)c2nc(sc2COC)[C@H](C(C)C)NC(=O)c2csc1n2. The van der Waals surface area contributed by atoms with Gasteiger partial charge in [0.15, 0.2) is 6.04 Å². The Morgan fingerprint density at radius 2 is 1.36 bits per heavy atom. The molecule has 29 heteroatoms. The van der Waals surface area contributed by atoms with E-state index in [4.69, 9.17) is 39.1 Å². The van der Waals surface area contributed by atoms with Crippen molar-refractivity contribution in [1.29, 1.82) is 0 Å². The minimum atomic E-state index is -1.27. The lowest BCUT2D eigenvalue weighted by Crippen LogP contribution is -2.40. The number of thiazole rings is 6. The molecule has 5 atom stereocenters. The van der Waals surface area contributed by atoms with E-state index in [9.17, 15) is 33.9 Å². The maximum absolute atomic E-state index is 14.2. The number of hydrogen-bond donors (Lipinski definition) is 6. The molecule has 8 aromatic rings. The number of aliphatic hydroxyl groups is 1. The van der Waals surface area contributed by atoms with Crippen molar-refractivity contribution in [2.24, 2.45) is 10.9 Å². The first-order valence-electron chi connectivity index (χ1n) is 24.4. The summed E-state index contributed by atoms with van der Waals surface area (Å²) in [5.41, 5.74) is 3.16. The van der Waals surface area contributed by atoms with E-state index in [2.05, 4.69) is 41.5 Å². The van der Waals surface area contributed by atoms with Gasteiger partial charge in [-0.3, -0.25) is 24.0 Å². The lowest BCUT2D eigenvalue weighted by atomic mass is 10.0. The van der Waals surface area contributed by atoms with Gasteiger partial charge in [-0.25, -0.2) is 44.7 Å². The fraction of sp³-hybridized carbons (Fsp3) is 0.294. The zero-order chi connectivity index (χ0) is 56.2. The van der Waals surface area contributed by atoms with Crippen LogP contribution in [0.15, 0.2) is 74.4 Å². The van der Waals surface area contributed by atoms with Gasteiger partial charge in [-0.05, 0) is 23.6 Å². The Morgan fingerprint density at radius 1 is 0.700 bits per heavy atom. The van der Waals surface area contributed by atoms with Gasteiger partial charge < -0.3 is 45.9 Å². The van der Waals surface area contributed by atoms with Crippen LogP contribution in [0.4, 0.5) is 0 Å². The van der Waals surface area contributed by atoms with Crippen LogP contribution < -0.4 is 26.6 Å². The normalized spacial score (nSPS) is 18.3. The smallest absolute Gasteiger partial charge is 0.334 e. The van der Waals surface area contributed by atoms with Crippen molar-refractivity contribution < 1.29 is 48.1 Å².